The maximum Gasteiger partial charge on any atom is 0.139 e. The van der Waals surface area contributed by atoms with Crippen LogP contribution in [0.1, 0.15) is 58.8 Å². The number of carbonyl (C=O) groups excluding carboxylic acids is 2. The molecule has 0 aromatic heterocycles. The number of hydrogen-bond donors (Lipinski definition) is 0. The van der Waals surface area contributed by atoms with Crippen LogP contribution in [-0.2, 0) is 9.59 Å². The van der Waals surface area contributed by atoms with E-state index in [0.29, 0.717) is 25.0 Å². The van der Waals surface area contributed by atoms with Gasteiger partial charge in [-0.15, -0.1) is 0 Å². The van der Waals surface area contributed by atoms with Crippen molar-refractivity contribution in [3.63, 3.8) is 0 Å². The van der Waals surface area contributed by atoms with Gasteiger partial charge in [0.1, 0.15) is 17.4 Å². The van der Waals surface area contributed by atoms with Crippen LogP contribution in [0, 0.1) is 22.7 Å². The molecule has 4 atom stereocenters. The first-order valence-corrected chi connectivity index (χ1v) is 8.50. The number of carbonyl (C=O) groups is 2. The quantitative estimate of drug-likeness (QED) is 0.625. The van der Waals surface area contributed by atoms with Crippen LogP contribution in [0.5, 0.6) is 0 Å². The molecular formula is C19H23FO2. The van der Waals surface area contributed by atoms with E-state index in [-0.39, 0.29) is 40.7 Å². The molecule has 2 fully saturated rings. The first kappa shape index (κ1) is 14.3. The van der Waals surface area contributed by atoms with Gasteiger partial charge in [-0.25, -0.2) is 4.39 Å². The Labute approximate surface area is 130 Å². The molecule has 2 nitrogen and oxygen atoms in total. The van der Waals surface area contributed by atoms with E-state index < -0.39 is 0 Å². The van der Waals surface area contributed by atoms with E-state index in [1.54, 1.807) is 0 Å². The number of Topliss-reactive ketones (excluding diaryl/α,β-unsaturated/α-hetero) is 2. The SMILES string of the molecule is C[C@]12CCC(=O)CC1=C(F)C[C@@H]1C2=CC[C@]2(C)C(=O)CC[C@@H]12. The van der Waals surface area contributed by atoms with Crippen LogP contribution in [-0.4, -0.2) is 11.6 Å². The third kappa shape index (κ3) is 1.65. The third-order valence-electron chi connectivity index (χ3n) is 7.08. The topological polar surface area (TPSA) is 34.1 Å². The molecular weight excluding hydrogens is 279 g/mol. The van der Waals surface area contributed by atoms with Crippen LogP contribution in [0.3, 0.4) is 0 Å². The molecule has 0 aromatic rings. The van der Waals surface area contributed by atoms with Gasteiger partial charge in [0.05, 0.1) is 0 Å². The monoisotopic (exact) mass is 302 g/mol. The lowest BCUT2D eigenvalue weighted by Crippen LogP contribution is -2.44. The molecule has 0 amide bonds. The van der Waals surface area contributed by atoms with Crippen LogP contribution < -0.4 is 0 Å². The Bertz CT molecular complexity index is 644. The molecule has 0 aromatic carbocycles. The molecule has 0 bridgehead atoms. The molecule has 0 N–H and O–H groups in total. The Morgan fingerprint density at radius 3 is 2.77 bits per heavy atom. The number of ketones is 2. The first-order valence-electron chi connectivity index (χ1n) is 8.50. The summed E-state index contributed by atoms with van der Waals surface area (Å²) in [5, 5.41) is 0. The fourth-order valence-electron chi connectivity index (χ4n) is 5.64. The number of fused-ring (bicyclic) bond motifs is 5. The summed E-state index contributed by atoms with van der Waals surface area (Å²) in [5.74, 6) is 0.889. The van der Waals surface area contributed by atoms with Gasteiger partial charge in [-0.1, -0.05) is 25.5 Å². The van der Waals surface area contributed by atoms with Gasteiger partial charge in [0.25, 0.3) is 0 Å². The van der Waals surface area contributed by atoms with Crippen molar-refractivity contribution in [3.05, 3.63) is 23.0 Å². The van der Waals surface area contributed by atoms with E-state index >= 15 is 0 Å². The molecule has 2 saturated carbocycles. The molecule has 0 radical (unpaired) electrons. The van der Waals surface area contributed by atoms with E-state index in [0.717, 1.165) is 24.8 Å². The minimum atomic E-state index is -0.285. The van der Waals surface area contributed by atoms with Gasteiger partial charge in [0, 0.05) is 36.5 Å². The van der Waals surface area contributed by atoms with E-state index in [1.165, 1.54) is 5.57 Å². The number of hydrogen-bond acceptors (Lipinski definition) is 2. The second-order valence-corrected chi connectivity index (χ2v) is 8.09. The van der Waals surface area contributed by atoms with Crippen LogP contribution in [0.25, 0.3) is 0 Å². The van der Waals surface area contributed by atoms with E-state index in [9.17, 15) is 14.0 Å². The van der Waals surface area contributed by atoms with Crippen molar-refractivity contribution in [1.29, 1.82) is 0 Å². The average molecular weight is 302 g/mol. The molecule has 4 aliphatic carbocycles. The summed E-state index contributed by atoms with van der Waals surface area (Å²) in [7, 11) is 0. The Hall–Kier alpha value is -1.25. The number of allylic oxidation sites excluding steroid dienone is 4. The molecule has 0 saturated heterocycles. The second-order valence-electron chi connectivity index (χ2n) is 8.09. The summed E-state index contributed by atoms with van der Waals surface area (Å²) in [5.41, 5.74) is 1.49. The fraction of sp³-hybridized carbons (Fsp3) is 0.684. The van der Waals surface area contributed by atoms with E-state index in [1.807, 2.05) is 0 Å². The van der Waals surface area contributed by atoms with Gasteiger partial charge in [0.15, 0.2) is 0 Å². The molecule has 0 aliphatic heterocycles. The second kappa shape index (κ2) is 4.39. The molecule has 0 spiro atoms. The van der Waals surface area contributed by atoms with Crippen LogP contribution in [0.2, 0.25) is 0 Å². The predicted molar refractivity (Wildman–Crippen MR) is 81.7 cm³/mol. The lowest BCUT2D eigenvalue weighted by molar-refractivity contribution is -0.127. The molecule has 3 heteroatoms. The molecule has 4 rings (SSSR count). The van der Waals surface area contributed by atoms with Gasteiger partial charge < -0.3 is 0 Å². The minimum Gasteiger partial charge on any atom is -0.299 e. The van der Waals surface area contributed by atoms with Gasteiger partial charge in [-0.2, -0.15) is 0 Å². The van der Waals surface area contributed by atoms with Crippen LogP contribution in [0.4, 0.5) is 4.39 Å². The summed E-state index contributed by atoms with van der Waals surface area (Å²) < 4.78 is 14.8. The van der Waals surface area contributed by atoms with E-state index in [2.05, 4.69) is 19.9 Å². The highest BCUT2D eigenvalue weighted by Crippen LogP contribution is 2.62. The smallest absolute Gasteiger partial charge is 0.139 e. The maximum absolute atomic E-state index is 14.8. The largest absolute Gasteiger partial charge is 0.299 e. The van der Waals surface area contributed by atoms with Gasteiger partial charge in [0.2, 0.25) is 0 Å². The Kier molecular flexibility index (Phi) is 2.87. The number of rotatable bonds is 0. The zero-order valence-corrected chi connectivity index (χ0v) is 13.4. The third-order valence-corrected chi connectivity index (χ3v) is 7.08. The highest BCUT2D eigenvalue weighted by molar-refractivity contribution is 5.88. The lowest BCUT2D eigenvalue weighted by atomic mass is 9.52. The molecule has 118 valence electrons. The van der Waals surface area contributed by atoms with Crippen molar-refractivity contribution >= 4 is 11.6 Å². The van der Waals surface area contributed by atoms with Crippen molar-refractivity contribution in [2.45, 2.75) is 58.8 Å². The highest BCUT2D eigenvalue weighted by Gasteiger charge is 2.56. The van der Waals surface area contributed by atoms with Crippen molar-refractivity contribution in [2.75, 3.05) is 0 Å². The molecule has 0 heterocycles. The Morgan fingerprint density at radius 1 is 1.23 bits per heavy atom. The fourth-order valence-corrected chi connectivity index (χ4v) is 5.64. The lowest BCUT2D eigenvalue weighted by Gasteiger charge is -2.51. The summed E-state index contributed by atoms with van der Waals surface area (Å²) >= 11 is 0. The summed E-state index contributed by atoms with van der Waals surface area (Å²) in [6.07, 6.45) is 6.53. The maximum atomic E-state index is 14.8. The number of halogens is 1. The van der Waals surface area contributed by atoms with Crippen molar-refractivity contribution in [2.24, 2.45) is 22.7 Å². The summed E-state index contributed by atoms with van der Waals surface area (Å²) in [6, 6.07) is 0. The summed E-state index contributed by atoms with van der Waals surface area (Å²) in [4.78, 5) is 24.1. The molecule has 22 heavy (non-hydrogen) atoms. The standard InChI is InChI=1S/C19H23FO2/c1-18-7-5-11(21)9-15(18)16(20)10-12-13-3-4-17(22)19(13,2)8-6-14(12)18/h6,12-13H,3-5,7-10H2,1-2H3/t12-,13-,18+,19-/m0/s1. The average Bonchev–Trinajstić information content (AvgIpc) is 2.77. The van der Waals surface area contributed by atoms with Crippen molar-refractivity contribution < 1.29 is 14.0 Å². The van der Waals surface area contributed by atoms with E-state index in [4.69, 9.17) is 0 Å². The van der Waals surface area contributed by atoms with Crippen molar-refractivity contribution in [3.8, 4) is 0 Å². The summed E-state index contributed by atoms with van der Waals surface area (Å²) in [6.45, 7) is 4.19. The predicted octanol–water partition coefficient (Wildman–Crippen LogP) is 4.30. The normalized spacial score (nSPS) is 44.4. The van der Waals surface area contributed by atoms with Crippen LogP contribution >= 0.6 is 0 Å². The Morgan fingerprint density at radius 2 is 2.00 bits per heavy atom. The van der Waals surface area contributed by atoms with Crippen LogP contribution in [0.15, 0.2) is 23.0 Å². The Balaban J connectivity index is 1.81. The first-order chi connectivity index (χ1) is 10.4. The van der Waals surface area contributed by atoms with Gasteiger partial charge >= 0.3 is 0 Å². The van der Waals surface area contributed by atoms with Crippen molar-refractivity contribution in [1.82, 2.24) is 0 Å². The molecule has 0 unspecified atom stereocenters. The zero-order valence-electron chi connectivity index (χ0n) is 13.4. The zero-order chi connectivity index (χ0) is 15.7. The highest BCUT2D eigenvalue weighted by atomic mass is 19.1. The minimum absolute atomic E-state index is 0.0682. The molecule has 4 aliphatic rings. The van der Waals surface area contributed by atoms with Gasteiger partial charge in [-0.3, -0.25) is 9.59 Å². The van der Waals surface area contributed by atoms with Gasteiger partial charge in [-0.05, 0) is 36.7 Å².